The molecule has 0 aromatic heterocycles. The summed E-state index contributed by atoms with van der Waals surface area (Å²) in [4.78, 5) is 39.0. The monoisotopic (exact) mass is 506 g/mol. The molecule has 0 bridgehead atoms. The third-order valence-corrected chi connectivity index (χ3v) is 5.48. The topological polar surface area (TPSA) is 84.9 Å². The van der Waals surface area contributed by atoms with E-state index in [-0.39, 0.29) is 5.57 Å². The highest BCUT2D eigenvalue weighted by molar-refractivity contribution is 9.10. The summed E-state index contributed by atoms with van der Waals surface area (Å²) >= 11 is 9.49. The van der Waals surface area contributed by atoms with Crippen LogP contribution in [0, 0.1) is 6.92 Å². The van der Waals surface area contributed by atoms with Gasteiger partial charge in [0.1, 0.15) is 5.57 Å². The van der Waals surface area contributed by atoms with Gasteiger partial charge in [-0.2, -0.15) is 0 Å². The molecule has 1 saturated heterocycles. The van der Waals surface area contributed by atoms with Gasteiger partial charge >= 0.3 is 6.03 Å². The van der Waals surface area contributed by atoms with Gasteiger partial charge in [0.05, 0.1) is 19.4 Å². The predicted molar refractivity (Wildman–Crippen MR) is 122 cm³/mol. The van der Waals surface area contributed by atoms with E-state index < -0.39 is 17.8 Å². The highest BCUT2D eigenvalue weighted by Gasteiger charge is 2.37. The fourth-order valence-corrected chi connectivity index (χ4v) is 3.60. The fourth-order valence-electron chi connectivity index (χ4n) is 3.00. The zero-order chi connectivity index (χ0) is 22.7. The van der Waals surface area contributed by atoms with Gasteiger partial charge in [0.25, 0.3) is 11.8 Å². The second-order valence-corrected chi connectivity index (χ2v) is 8.05. The molecule has 2 aromatic carbocycles. The molecule has 1 heterocycles. The summed E-state index contributed by atoms with van der Waals surface area (Å²) in [5.74, 6) is -0.561. The standard InChI is InChI=1S/C22H20BrClN2O5/c1-4-7-31-19-11-16(23)13(9-18(19)30-3)8-15-20(27)25-22(29)26(21(15)28)17-10-14(24)6-5-12(17)2/h5-6,8-11H,4,7H2,1-3H3,(H,25,27,29)/b15-8+. The Hall–Kier alpha value is -2.84. The summed E-state index contributed by atoms with van der Waals surface area (Å²) in [5.41, 5.74) is 1.26. The van der Waals surface area contributed by atoms with Crippen LogP contribution in [0.2, 0.25) is 5.02 Å². The van der Waals surface area contributed by atoms with Crippen LogP contribution in [0.3, 0.4) is 0 Å². The lowest BCUT2D eigenvalue weighted by Crippen LogP contribution is -2.54. The molecule has 0 saturated carbocycles. The van der Waals surface area contributed by atoms with Gasteiger partial charge in [-0.1, -0.05) is 40.5 Å². The number of rotatable bonds is 6. The second-order valence-electron chi connectivity index (χ2n) is 6.76. The van der Waals surface area contributed by atoms with Crippen LogP contribution < -0.4 is 19.7 Å². The number of imide groups is 2. The molecule has 1 aliphatic rings. The van der Waals surface area contributed by atoms with Crippen molar-refractivity contribution in [1.29, 1.82) is 0 Å². The molecule has 2 aromatic rings. The van der Waals surface area contributed by atoms with E-state index in [1.165, 1.54) is 19.3 Å². The number of aryl methyl sites for hydroxylation is 1. The van der Waals surface area contributed by atoms with E-state index in [0.717, 1.165) is 11.3 Å². The molecule has 0 radical (unpaired) electrons. The molecule has 7 nitrogen and oxygen atoms in total. The number of ether oxygens (including phenoxy) is 2. The Balaban J connectivity index is 2.05. The van der Waals surface area contributed by atoms with E-state index in [4.69, 9.17) is 21.1 Å². The molecule has 0 aliphatic carbocycles. The minimum Gasteiger partial charge on any atom is -0.493 e. The minimum atomic E-state index is -0.836. The van der Waals surface area contributed by atoms with Crippen LogP contribution in [-0.4, -0.2) is 31.6 Å². The lowest BCUT2D eigenvalue weighted by atomic mass is 10.1. The first-order valence-corrected chi connectivity index (χ1v) is 10.6. The van der Waals surface area contributed by atoms with E-state index in [1.54, 1.807) is 31.2 Å². The van der Waals surface area contributed by atoms with Gasteiger partial charge < -0.3 is 9.47 Å². The molecule has 0 unspecified atom stereocenters. The van der Waals surface area contributed by atoms with Crippen molar-refractivity contribution in [1.82, 2.24) is 5.32 Å². The number of halogens is 2. The van der Waals surface area contributed by atoms with E-state index in [2.05, 4.69) is 21.2 Å². The van der Waals surface area contributed by atoms with Crippen molar-refractivity contribution in [3.05, 3.63) is 56.5 Å². The van der Waals surface area contributed by atoms with Gasteiger partial charge in [0.15, 0.2) is 11.5 Å². The number of methoxy groups -OCH3 is 1. The van der Waals surface area contributed by atoms with E-state index in [0.29, 0.717) is 44.4 Å². The zero-order valence-corrected chi connectivity index (χ0v) is 19.5. The Morgan fingerprint density at radius 2 is 1.90 bits per heavy atom. The van der Waals surface area contributed by atoms with Crippen molar-refractivity contribution in [2.75, 3.05) is 18.6 Å². The summed E-state index contributed by atoms with van der Waals surface area (Å²) in [6, 6.07) is 7.36. The van der Waals surface area contributed by atoms with Crippen molar-refractivity contribution in [3.8, 4) is 11.5 Å². The molecule has 4 amide bonds. The average molecular weight is 508 g/mol. The largest absolute Gasteiger partial charge is 0.493 e. The van der Waals surface area contributed by atoms with Crippen LogP contribution in [0.25, 0.3) is 6.08 Å². The molecule has 31 heavy (non-hydrogen) atoms. The van der Waals surface area contributed by atoms with Gasteiger partial charge in [-0.15, -0.1) is 0 Å². The number of nitrogens with zero attached hydrogens (tertiary/aromatic N) is 1. The van der Waals surface area contributed by atoms with Gasteiger partial charge in [0, 0.05) is 9.50 Å². The number of anilines is 1. The number of hydrogen-bond donors (Lipinski definition) is 1. The van der Waals surface area contributed by atoms with Crippen LogP contribution in [0.4, 0.5) is 10.5 Å². The molecule has 162 valence electrons. The summed E-state index contributed by atoms with van der Waals surface area (Å²) in [7, 11) is 1.50. The predicted octanol–water partition coefficient (Wildman–Crippen LogP) is 4.87. The van der Waals surface area contributed by atoms with Crippen LogP contribution in [0.15, 0.2) is 40.4 Å². The molecule has 1 N–H and O–H groups in total. The maximum absolute atomic E-state index is 13.2. The summed E-state index contributed by atoms with van der Waals surface area (Å²) in [6.45, 7) is 4.24. The SMILES string of the molecule is CCCOc1cc(Br)c(/C=C2\C(=O)NC(=O)N(c3cc(Cl)ccc3C)C2=O)cc1OC. The van der Waals surface area contributed by atoms with Crippen LogP contribution in [-0.2, 0) is 9.59 Å². The molecular formula is C22H20BrClN2O5. The minimum absolute atomic E-state index is 0.205. The molecule has 0 spiro atoms. The second kappa shape index (κ2) is 9.53. The lowest BCUT2D eigenvalue weighted by Gasteiger charge is -2.27. The Morgan fingerprint density at radius 1 is 1.16 bits per heavy atom. The number of nitrogens with one attached hydrogen (secondary N) is 1. The van der Waals surface area contributed by atoms with E-state index in [9.17, 15) is 14.4 Å². The molecule has 3 rings (SSSR count). The lowest BCUT2D eigenvalue weighted by molar-refractivity contribution is -0.122. The van der Waals surface area contributed by atoms with Crippen LogP contribution >= 0.6 is 27.5 Å². The first kappa shape index (κ1) is 22.8. The average Bonchev–Trinajstić information content (AvgIpc) is 2.72. The highest BCUT2D eigenvalue weighted by Crippen LogP contribution is 2.35. The molecule has 1 aliphatic heterocycles. The third kappa shape index (κ3) is 4.75. The van der Waals surface area contributed by atoms with Crippen molar-refractivity contribution in [2.24, 2.45) is 0 Å². The van der Waals surface area contributed by atoms with E-state index in [1.807, 2.05) is 6.92 Å². The number of benzene rings is 2. The summed E-state index contributed by atoms with van der Waals surface area (Å²) in [5, 5.41) is 2.57. The number of carbonyl (C=O) groups is 3. The number of carbonyl (C=O) groups excluding carboxylic acids is 3. The Bertz CT molecular complexity index is 1100. The maximum atomic E-state index is 13.2. The Kier molecular flexibility index (Phi) is 7.02. The number of barbiturate groups is 1. The van der Waals surface area contributed by atoms with Crippen LogP contribution in [0.1, 0.15) is 24.5 Å². The van der Waals surface area contributed by atoms with Crippen LogP contribution in [0.5, 0.6) is 11.5 Å². The third-order valence-electron chi connectivity index (χ3n) is 4.56. The Labute approximate surface area is 193 Å². The molecular weight excluding hydrogens is 488 g/mol. The quantitative estimate of drug-likeness (QED) is 0.445. The maximum Gasteiger partial charge on any atom is 0.335 e. The van der Waals surface area contributed by atoms with Gasteiger partial charge in [-0.3, -0.25) is 14.9 Å². The van der Waals surface area contributed by atoms with Crippen molar-refractivity contribution >= 4 is 57.1 Å². The first-order chi connectivity index (χ1) is 14.8. The fraction of sp³-hybridized carbons (Fsp3) is 0.227. The zero-order valence-electron chi connectivity index (χ0n) is 17.1. The highest BCUT2D eigenvalue weighted by atomic mass is 79.9. The van der Waals surface area contributed by atoms with E-state index >= 15 is 0 Å². The molecule has 1 fully saturated rings. The normalized spacial score (nSPS) is 15.3. The van der Waals surface area contributed by atoms with Gasteiger partial charge in [0.2, 0.25) is 0 Å². The number of amides is 4. The van der Waals surface area contributed by atoms with Gasteiger partial charge in [-0.25, -0.2) is 9.69 Å². The first-order valence-electron chi connectivity index (χ1n) is 9.44. The van der Waals surface area contributed by atoms with Gasteiger partial charge in [-0.05, 0) is 54.8 Å². The van der Waals surface area contributed by atoms with Crippen molar-refractivity contribution in [3.63, 3.8) is 0 Å². The smallest absolute Gasteiger partial charge is 0.335 e. The number of hydrogen-bond acceptors (Lipinski definition) is 5. The van der Waals surface area contributed by atoms with Crippen molar-refractivity contribution in [2.45, 2.75) is 20.3 Å². The Morgan fingerprint density at radius 3 is 2.58 bits per heavy atom. The van der Waals surface area contributed by atoms with Crippen molar-refractivity contribution < 1.29 is 23.9 Å². The summed E-state index contributed by atoms with van der Waals surface area (Å²) < 4.78 is 11.6. The summed E-state index contributed by atoms with van der Waals surface area (Å²) in [6.07, 6.45) is 2.22. The molecule has 9 heteroatoms. The molecule has 0 atom stereocenters. The number of urea groups is 1.